The first kappa shape index (κ1) is 13.9. The molecular formula is C12H20N2O3. The number of carbonyl (C=O) groups is 1. The second kappa shape index (κ2) is 5.99. The van der Waals surface area contributed by atoms with Gasteiger partial charge >= 0.3 is 0 Å². The maximum absolute atomic E-state index is 11.8. The summed E-state index contributed by atoms with van der Waals surface area (Å²) >= 11 is 0. The highest BCUT2D eigenvalue weighted by atomic mass is 16.5. The van der Waals surface area contributed by atoms with Gasteiger partial charge < -0.3 is 14.8 Å². The molecule has 17 heavy (non-hydrogen) atoms. The Balaban J connectivity index is 2.50. The molecule has 0 aromatic heterocycles. The van der Waals surface area contributed by atoms with E-state index in [9.17, 15) is 4.79 Å². The normalized spacial score (nSPS) is 25.6. The van der Waals surface area contributed by atoms with Gasteiger partial charge in [0.1, 0.15) is 11.5 Å². The van der Waals surface area contributed by atoms with Gasteiger partial charge in [0.15, 0.2) is 0 Å². The summed E-state index contributed by atoms with van der Waals surface area (Å²) in [6.45, 7) is 5.25. The van der Waals surface area contributed by atoms with Gasteiger partial charge in [0.05, 0.1) is 12.7 Å². The lowest BCUT2D eigenvalue weighted by Crippen LogP contribution is -2.47. The van der Waals surface area contributed by atoms with Crippen molar-refractivity contribution in [2.24, 2.45) is 11.8 Å². The lowest BCUT2D eigenvalue weighted by atomic mass is 9.96. The van der Waals surface area contributed by atoms with E-state index in [0.29, 0.717) is 19.8 Å². The number of hydrogen-bond donors (Lipinski definition) is 1. The Morgan fingerprint density at radius 2 is 2.35 bits per heavy atom. The number of ether oxygens (including phenoxy) is 2. The van der Waals surface area contributed by atoms with Gasteiger partial charge in [-0.3, -0.25) is 4.79 Å². The van der Waals surface area contributed by atoms with Gasteiger partial charge in [0.2, 0.25) is 5.91 Å². The van der Waals surface area contributed by atoms with Gasteiger partial charge in [-0.15, -0.1) is 0 Å². The number of nitriles is 1. The number of rotatable bonds is 5. The molecule has 1 heterocycles. The van der Waals surface area contributed by atoms with Crippen molar-refractivity contribution in [3.63, 3.8) is 0 Å². The van der Waals surface area contributed by atoms with Gasteiger partial charge in [-0.2, -0.15) is 5.26 Å². The third-order valence-corrected chi connectivity index (χ3v) is 3.17. The molecule has 0 aromatic carbocycles. The monoisotopic (exact) mass is 240 g/mol. The van der Waals surface area contributed by atoms with E-state index in [1.54, 1.807) is 7.11 Å². The molecule has 1 fully saturated rings. The predicted molar refractivity (Wildman–Crippen MR) is 62.1 cm³/mol. The predicted octanol–water partition coefficient (Wildman–Crippen LogP) is 0.704. The Kier molecular flexibility index (Phi) is 4.91. The second-order valence-corrected chi connectivity index (χ2v) is 4.76. The maximum Gasteiger partial charge on any atom is 0.237 e. The van der Waals surface area contributed by atoms with Crippen LogP contribution in [0, 0.1) is 23.2 Å². The van der Waals surface area contributed by atoms with Crippen molar-refractivity contribution in [3.05, 3.63) is 0 Å². The zero-order valence-electron chi connectivity index (χ0n) is 10.7. The summed E-state index contributed by atoms with van der Waals surface area (Å²) in [5, 5.41) is 11.7. The van der Waals surface area contributed by atoms with Crippen LogP contribution < -0.4 is 5.32 Å². The van der Waals surface area contributed by atoms with Crippen molar-refractivity contribution >= 4 is 5.91 Å². The summed E-state index contributed by atoms with van der Waals surface area (Å²) in [5.41, 5.74) is -0.424. The summed E-state index contributed by atoms with van der Waals surface area (Å²) < 4.78 is 10.7. The molecule has 0 aliphatic carbocycles. The molecule has 0 saturated carbocycles. The van der Waals surface area contributed by atoms with Crippen LogP contribution in [0.5, 0.6) is 0 Å². The van der Waals surface area contributed by atoms with Gasteiger partial charge in [-0.05, 0) is 5.92 Å². The fourth-order valence-electron chi connectivity index (χ4n) is 1.83. The summed E-state index contributed by atoms with van der Waals surface area (Å²) in [4.78, 5) is 11.8. The summed E-state index contributed by atoms with van der Waals surface area (Å²) in [6, 6.07) is 2.02. The third kappa shape index (κ3) is 3.42. The molecule has 96 valence electrons. The maximum atomic E-state index is 11.8. The van der Waals surface area contributed by atoms with Crippen molar-refractivity contribution < 1.29 is 14.3 Å². The average molecular weight is 240 g/mol. The molecule has 2 unspecified atom stereocenters. The highest BCUT2D eigenvalue weighted by molar-refractivity contribution is 5.81. The van der Waals surface area contributed by atoms with Crippen molar-refractivity contribution in [3.8, 4) is 6.07 Å². The van der Waals surface area contributed by atoms with E-state index in [2.05, 4.69) is 5.32 Å². The van der Waals surface area contributed by atoms with Crippen molar-refractivity contribution in [1.29, 1.82) is 5.26 Å². The number of hydrogen-bond acceptors (Lipinski definition) is 4. The molecule has 1 N–H and O–H groups in total. The van der Waals surface area contributed by atoms with E-state index >= 15 is 0 Å². The Morgan fingerprint density at radius 3 is 2.76 bits per heavy atom. The highest BCUT2D eigenvalue weighted by Gasteiger charge is 2.36. The summed E-state index contributed by atoms with van der Waals surface area (Å²) in [5.74, 6) is -0.824. The minimum Gasteiger partial charge on any atom is -0.378 e. The van der Waals surface area contributed by atoms with Crippen LogP contribution in [-0.4, -0.2) is 38.4 Å². The Bertz CT molecular complexity index is 303. The number of amides is 1. The van der Waals surface area contributed by atoms with E-state index in [1.165, 1.54) is 0 Å². The van der Waals surface area contributed by atoms with Crippen LogP contribution in [0.3, 0.4) is 0 Å². The lowest BCUT2D eigenvalue weighted by Gasteiger charge is -2.26. The first-order chi connectivity index (χ1) is 8.04. The number of methoxy groups -OCH3 is 1. The van der Waals surface area contributed by atoms with Crippen LogP contribution in [0.1, 0.15) is 20.3 Å². The zero-order valence-corrected chi connectivity index (χ0v) is 10.7. The van der Waals surface area contributed by atoms with Crippen LogP contribution >= 0.6 is 0 Å². The van der Waals surface area contributed by atoms with E-state index in [1.807, 2.05) is 19.9 Å². The van der Waals surface area contributed by atoms with Crippen LogP contribution in [0.2, 0.25) is 0 Å². The molecule has 2 atom stereocenters. The van der Waals surface area contributed by atoms with Gasteiger partial charge in [-0.1, -0.05) is 13.8 Å². The quantitative estimate of drug-likeness (QED) is 0.768. The van der Waals surface area contributed by atoms with E-state index in [4.69, 9.17) is 14.7 Å². The molecule has 1 aliphatic heterocycles. The first-order valence-corrected chi connectivity index (χ1v) is 5.85. The summed E-state index contributed by atoms with van der Waals surface area (Å²) in [7, 11) is 1.62. The minimum absolute atomic E-state index is 0.0123. The van der Waals surface area contributed by atoms with Crippen LogP contribution in [-0.2, 0) is 14.3 Å². The van der Waals surface area contributed by atoms with Gasteiger partial charge in [0, 0.05) is 26.7 Å². The molecule has 0 aromatic rings. The Hall–Kier alpha value is -1.12. The topological polar surface area (TPSA) is 71.3 Å². The molecule has 1 saturated heterocycles. The number of nitrogens with one attached hydrogen (secondary N) is 1. The standard InChI is InChI=1S/C12H20N2O3/c1-9(2)10(6-13)11(15)14-7-12(16-3)4-5-17-8-12/h9-10H,4-5,7-8H2,1-3H3,(H,14,15). The van der Waals surface area contributed by atoms with E-state index in [0.717, 1.165) is 6.42 Å². The first-order valence-electron chi connectivity index (χ1n) is 5.85. The molecular weight excluding hydrogens is 220 g/mol. The molecule has 0 spiro atoms. The summed E-state index contributed by atoms with van der Waals surface area (Å²) in [6.07, 6.45) is 0.767. The minimum atomic E-state index is -0.605. The largest absolute Gasteiger partial charge is 0.378 e. The van der Waals surface area contributed by atoms with E-state index < -0.39 is 11.5 Å². The Morgan fingerprint density at radius 1 is 1.65 bits per heavy atom. The highest BCUT2D eigenvalue weighted by Crippen LogP contribution is 2.21. The van der Waals surface area contributed by atoms with Crippen molar-refractivity contribution in [1.82, 2.24) is 5.32 Å². The zero-order chi connectivity index (χ0) is 12.9. The van der Waals surface area contributed by atoms with Crippen molar-refractivity contribution in [2.75, 3.05) is 26.9 Å². The van der Waals surface area contributed by atoms with Crippen LogP contribution in [0.15, 0.2) is 0 Å². The average Bonchev–Trinajstić information content (AvgIpc) is 2.76. The molecule has 1 amide bonds. The third-order valence-electron chi connectivity index (χ3n) is 3.17. The van der Waals surface area contributed by atoms with E-state index in [-0.39, 0.29) is 11.8 Å². The van der Waals surface area contributed by atoms with Crippen LogP contribution in [0.4, 0.5) is 0 Å². The molecule has 0 bridgehead atoms. The van der Waals surface area contributed by atoms with Crippen LogP contribution in [0.25, 0.3) is 0 Å². The van der Waals surface area contributed by atoms with Crippen molar-refractivity contribution in [2.45, 2.75) is 25.9 Å². The lowest BCUT2D eigenvalue weighted by molar-refractivity contribution is -0.126. The Labute approximate surface area is 102 Å². The number of carbonyl (C=O) groups excluding carboxylic acids is 1. The second-order valence-electron chi connectivity index (χ2n) is 4.76. The smallest absolute Gasteiger partial charge is 0.237 e. The molecule has 5 nitrogen and oxygen atoms in total. The number of nitrogens with zero attached hydrogens (tertiary/aromatic N) is 1. The molecule has 0 radical (unpaired) electrons. The SMILES string of the molecule is COC1(CNC(=O)C(C#N)C(C)C)CCOC1. The fourth-order valence-corrected chi connectivity index (χ4v) is 1.83. The molecule has 1 rings (SSSR count). The molecule has 1 aliphatic rings. The molecule has 5 heteroatoms. The van der Waals surface area contributed by atoms with Gasteiger partial charge in [0.25, 0.3) is 0 Å². The fraction of sp³-hybridized carbons (Fsp3) is 0.833. The van der Waals surface area contributed by atoms with Gasteiger partial charge in [-0.25, -0.2) is 0 Å².